The van der Waals surface area contributed by atoms with Crippen LogP contribution in [0.3, 0.4) is 0 Å². The molecule has 2 N–H and O–H groups in total. The Morgan fingerprint density at radius 1 is 0.975 bits per heavy atom. The second-order valence-corrected chi connectivity index (χ2v) is 16.5. The first-order valence-corrected chi connectivity index (χ1v) is 17.5. The molecule has 0 spiro atoms. The Bertz CT molecular complexity index is 1420. The first kappa shape index (κ1) is 28.2. The van der Waals surface area contributed by atoms with E-state index < -0.39 is 15.2 Å². The number of hydrogen-bond acceptors (Lipinski definition) is 5. The molecule has 1 saturated heterocycles. The van der Waals surface area contributed by atoms with E-state index >= 15 is 0 Å². The predicted molar refractivity (Wildman–Crippen MR) is 163 cm³/mol. The number of nitrogens with zero attached hydrogens (tertiary/aromatic N) is 2. The van der Waals surface area contributed by atoms with E-state index in [1.165, 1.54) is 22.3 Å². The van der Waals surface area contributed by atoms with Gasteiger partial charge >= 0.3 is 13.2 Å². The first-order valence-electron chi connectivity index (χ1n) is 14.0. The summed E-state index contributed by atoms with van der Waals surface area (Å²) in [5.41, 5.74) is 11.4. The molecule has 0 radical (unpaired) electrons. The van der Waals surface area contributed by atoms with Gasteiger partial charge in [0.2, 0.25) is 0 Å². The number of carbonyl (C=O) groups is 1. The molecule has 0 aromatic heterocycles. The summed E-state index contributed by atoms with van der Waals surface area (Å²) in [6.07, 6.45) is -0.271. The third-order valence-electron chi connectivity index (χ3n) is 7.78. The Labute approximate surface area is 238 Å². The maximum atomic E-state index is 13.0. The minimum Gasteiger partial charge on any atom is -0.448 e. The average Bonchev–Trinajstić information content (AvgIpc) is 3.25. The van der Waals surface area contributed by atoms with Crippen LogP contribution in [-0.2, 0) is 11.3 Å². The van der Waals surface area contributed by atoms with Crippen LogP contribution in [0.1, 0.15) is 33.7 Å². The number of hydrogen-bond donors (Lipinski definition) is 2. The summed E-state index contributed by atoms with van der Waals surface area (Å²) in [6, 6.07) is 20.6. The molecule has 1 amide bonds. The normalized spacial score (nSPS) is 15.2. The molecule has 0 unspecified atom stereocenters. The summed E-state index contributed by atoms with van der Waals surface area (Å²) in [5.74, 6) is 3.31. The van der Waals surface area contributed by atoms with Gasteiger partial charge in [-0.05, 0) is 57.9 Å². The molecule has 40 heavy (non-hydrogen) atoms. The minimum atomic E-state index is -1.57. The molecular formula is C32H37BN2O4Si. The van der Waals surface area contributed by atoms with E-state index in [9.17, 15) is 14.8 Å². The van der Waals surface area contributed by atoms with Crippen LogP contribution in [0.2, 0.25) is 19.6 Å². The van der Waals surface area contributed by atoms with Gasteiger partial charge in [0.05, 0.1) is 0 Å². The summed E-state index contributed by atoms with van der Waals surface area (Å²) < 4.78 is 5.86. The fourth-order valence-electron chi connectivity index (χ4n) is 5.58. The van der Waals surface area contributed by atoms with Crippen molar-refractivity contribution < 1.29 is 19.6 Å². The molecule has 8 heteroatoms. The van der Waals surface area contributed by atoms with Gasteiger partial charge in [-0.3, -0.25) is 4.90 Å². The highest BCUT2D eigenvalue weighted by Crippen LogP contribution is 2.44. The maximum Gasteiger partial charge on any atom is 0.488 e. The quantitative estimate of drug-likeness (QED) is 0.370. The van der Waals surface area contributed by atoms with Crippen molar-refractivity contribution >= 4 is 26.7 Å². The van der Waals surface area contributed by atoms with Crippen LogP contribution in [0.4, 0.5) is 4.79 Å². The van der Waals surface area contributed by atoms with Gasteiger partial charge in [0, 0.05) is 44.2 Å². The van der Waals surface area contributed by atoms with Gasteiger partial charge in [-0.2, -0.15) is 0 Å². The molecule has 1 aliphatic carbocycles. The molecule has 3 aromatic rings. The Morgan fingerprint density at radius 3 is 2.15 bits per heavy atom. The summed E-state index contributed by atoms with van der Waals surface area (Å²) >= 11 is 0. The zero-order valence-corrected chi connectivity index (χ0v) is 24.8. The third kappa shape index (κ3) is 6.19. The highest BCUT2D eigenvalue weighted by atomic mass is 28.3. The van der Waals surface area contributed by atoms with E-state index in [1.807, 2.05) is 19.1 Å². The molecule has 6 nitrogen and oxygen atoms in total. The summed E-state index contributed by atoms with van der Waals surface area (Å²) in [5, 5.41) is 19.9. The van der Waals surface area contributed by atoms with E-state index in [1.54, 1.807) is 11.0 Å². The molecule has 2 aliphatic rings. The first-order chi connectivity index (χ1) is 19.1. The minimum absolute atomic E-state index is 0.0491. The molecule has 0 saturated carbocycles. The fraction of sp³-hybridized carbons (Fsp3) is 0.344. The van der Waals surface area contributed by atoms with Crippen molar-refractivity contribution in [2.75, 3.05) is 32.8 Å². The van der Waals surface area contributed by atoms with E-state index in [0.717, 1.165) is 16.7 Å². The van der Waals surface area contributed by atoms with E-state index in [0.29, 0.717) is 44.8 Å². The molecule has 5 rings (SSSR count). The Kier molecular flexibility index (Phi) is 8.20. The number of amides is 1. The lowest BCUT2D eigenvalue weighted by atomic mass is 9.75. The van der Waals surface area contributed by atoms with Crippen molar-refractivity contribution in [1.29, 1.82) is 0 Å². The highest BCUT2D eigenvalue weighted by Gasteiger charge is 2.30. The molecular weight excluding hydrogens is 515 g/mol. The van der Waals surface area contributed by atoms with Crippen LogP contribution in [0.15, 0.2) is 60.7 Å². The zero-order chi connectivity index (χ0) is 28.4. The van der Waals surface area contributed by atoms with Gasteiger partial charge in [-0.25, -0.2) is 4.79 Å². The largest absolute Gasteiger partial charge is 0.488 e. The molecule has 0 bridgehead atoms. The van der Waals surface area contributed by atoms with Gasteiger partial charge < -0.3 is 19.7 Å². The number of piperazine rings is 1. The molecule has 0 atom stereocenters. The number of rotatable bonds is 5. The number of fused-ring (bicyclic) bond motifs is 3. The summed E-state index contributed by atoms with van der Waals surface area (Å²) in [6.45, 7) is 12.1. The highest BCUT2D eigenvalue weighted by molar-refractivity contribution is 6.83. The van der Waals surface area contributed by atoms with Gasteiger partial charge in [-0.1, -0.05) is 74.1 Å². The molecule has 1 heterocycles. The van der Waals surface area contributed by atoms with Crippen molar-refractivity contribution in [2.45, 2.75) is 39.0 Å². The second kappa shape index (κ2) is 11.6. The summed E-state index contributed by atoms with van der Waals surface area (Å²) in [4.78, 5) is 17.1. The predicted octanol–water partition coefficient (Wildman–Crippen LogP) is 3.97. The number of carbonyl (C=O) groups excluding carboxylic acids is 1. The van der Waals surface area contributed by atoms with Crippen molar-refractivity contribution in [3.8, 4) is 22.6 Å². The van der Waals surface area contributed by atoms with E-state index in [-0.39, 0.29) is 12.0 Å². The maximum absolute atomic E-state index is 13.0. The topological polar surface area (TPSA) is 73.2 Å². The number of benzene rings is 3. The molecule has 3 aromatic carbocycles. The van der Waals surface area contributed by atoms with E-state index in [2.05, 4.69) is 78.5 Å². The average molecular weight is 553 g/mol. The van der Waals surface area contributed by atoms with Gasteiger partial charge in [-0.15, -0.1) is 5.54 Å². The lowest BCUT2D eigenvalue weighted by Crippen LogP contribution is -2.48. The van der Waals surface area contributed by atoms with Crippen molar-refractivity contribution in [3.63, 3.8) is 0 Å². The fourth-order valence-corrected chi connectivity index (χ4v) is 6.10. The molecule has 1 aliphatic heterocycles. The lowest BCUT2D eigenvalue weighted by molar-refractivity contribution is 0.0728. The van der Waals surface area contributed by atoms with Gasteiger partial charge in [0.15, 0.2) is 0 Å². The van der Waals surface area contributed by atoms with Crippen molar-refractivity contribution in [3.05, 3.63) is 88.5 Å². The van der Waals surface area contributed by atoms with Crippen molar-refractivity contribution in [1.82, 2.24) is 9.80 Å². The number of ether oxygens (including phenoxy) is 1. The monoisotopic (exact) mass is 552 g/mol. The lowest BCUT2D eigenvalue weighted by Gasteiger charge is -2.34. The third-order valence-corrected chi connectivity index (χ3v) is 8.65. The SMILES string of the molecule is Cc1c(CN2CCN(C(=O)OCC3c4ccccc4-c4ccccc43)CC2)cc(C#C[Si](C)(C)C)cc1B(O)O. The Balaban J connectivity index is 1.21. The van der Waals surface area contributed by atoms with Crippen LogP contribution >= 0.6 is 0 Å². The van der Waals surface area contributed by atoms with Crippen LogP contribution < -0.4 is 5.46 Å². The standard InChI is InChI=1S/C32H37BN2O4Si/c1-23-25(19-24(13-18-40(2,3)4)20-31(23)33(37)38)21-34-14-16-35(17-15-34)32(36)39-22-30-28-11-7-5-9-26(28)27-10-6-8-12-29(27)30/h5-12,19-20,30,37-38H,14-17,21-22H2,1-4H3. The van der Waals surface area contributed by atoms with Crippen LogP contribution in [0.5, 0.6) is 0 Å². The van der Waals surface area contributed by atoms with Gasteiger partial charge in [0.25, 0.3) is 0 Å². The molecule has 1 fully saturated rings. The zero-order valence-electron chi connectivity index (χ0n) is 23.8. The van der Waals surface area contributed by atoms with Crippen LogP contribution in [-0.4, -0.2) is 73.9 Å². The van der Waals surface area contributed by atoms with Crippen LogP contribution in [0, 0.1) is 18.4 Å². The Morgan fingerprint density at radius 2 is 1.57 bits per heavy atom. The van der Waals surface area contributed by atoms with E-state index in [4.69, 9.17) is 4.74 Å². The molecule has 206 valence electrons. The summed E-state index contributed by atoms with van der Waals surface area (Å²) in [7, 11) is -3.12. The second-order valence-electron chi connectivity index (χ2n) is 11.8. The smallest absolute Gasteiger partial charge is 0.448 e. The van der Waals surface area contributed by atoms with Gasteiger partial charge in [0.1, 0.15) is 14.7 Å². The van der Waals surface area contributed by atoms with Crippen LogP contribution in [0.25, 0.3) is 11.1 Å². The van der Waals surface area contributed by atoms with Crippen molar-refractivity contribution in [2.24, 2.45) is 0 Å². The Hall–Kier alpha value is -3.35.